The molecule has 0 unspecified atom stereocenters. The van der Waals surface area contributed by atoms with Crippen molar-refractivity contribution in [3.63, 3.8) is 0 Å². The van der Waals surface area contributed by atoms with Crippen molar-refractivity contribution in [2.24, 2.45) is 0 Å². The smallest absolute Gasteiger partial charge is 0.149 e. The molecule has 0 aromatic rings. The Labute approximate surface area is 127 Å². The van der Waals surface area contributed by atoms with E-state index in [9.17, 15) is 9.59 Å². The van der Waals surface area contributed by atoms with Gasteiger partial charge in [0.1, 0.15) is 11.6 Å². The molecule has 0 radical (unpaired) electrons. The maximum absolute atomic E-state index is 11.1. The van der Waals surface area contributed by atoms with E-state index < -0.39 is 0 Å². The van der Waals surface area contributed by atoms with Gasteiger partial charge in [-0.05, 0) is 39.5 Å². The third-order valence-corrected chi connectivity index (χ3v) is 5.44. The maximum atomic E-state index is 11.1. The van der Waals surface area contributed by atoms with Crippen molar-refractivity contribution >= 4 is 43.4 Å². The molecule has 0 aromatic carbocycles. The number of ketones is 2. The van der Waals surface area contributed by atoms with Gasteiger partial charge in [-0.2, -0.15) is 0 Å². The Hall–Kier alpha value is 0.300. The monoisotopic (exact) mass is 380 g/mol. The number of halogens is 2. The van der Waals surface area contributed by atoms with Crippen LogP contribution in [0.1, 0.15) is 65.2 Å². The van der Waals surface area contributed by atoms with Crippen LogP contribution < -0.4 is 0 Å². The summed E-state index contributed by atoms with van der Waals surface area (Å²) in [6.07, 6.45) is 8.09. The summed E-state index contributed by atoms with van der Waals surface area (Å²) in [6, 6.07) is 0. The van der Waals surface area contributed by atoms with Gasteiger partial charge in [-0.1, -0.05) is 44.7 Å². The summed E-state index contributed by atoms with van der Waals surface area (Å²) in [4.78, 5) is 22.1. The number of alkyl halides is 2. The Morgan fingerprint density at radius 1 is 0.778 bits per heavy atom. The fraction of sp³-hybridized carbons (Fsp3) is 0.857. The highest BCUT2D eigenvalue weighted by Crippen LogP contribution is 2.32. The van der Waals surface area contributed by atoms with E-state index in [0.29, 0.717) is 11.6 Å². The lowest BCUT2D eigenvalue weighted by Crippen LogP contribution is -2.31. The van der Waals surface area contributed by atoms with Crippen LogP contribution in [-0.2, 0) is 9.59 Å². The van der Waals surface area contributed by atoms with Crippen LogP contribution in [0.5, 0.6) is 0 Å². The molecule has 0 N–H and O–H groups in total. The highest BCUT2D eigenvalue weighted by Gasteiger charge is 2.32. The molecule has 0 bridgehead atoms. The van der Waals surface area contributed by atoms with Crippen LogP contribution in [0.2, 0.25) is 0 Å². The highest BCUT2D eigenvalue weighted by molar-refractivity contribution is 9.10. The first-order chi connectivity index (χ1) is 8.26. The zero-order chi connectivity index (χ0) is 13.8. The minimum absolute atomic E-state index is 0.189. The molecule has 18 heavy (non-hydrogen) atoms. The van der Waals surface area contributed by atoms with Crippen molar-refractivity contribution in [3.8, 4) is 0 Å². The van der Waals surface area contributed by atoms with E-state index in [2.05, 4.69) is 31.9 Å². The van der Waals surface area contributed by atoms with Crippen molar-refractivity contribution in [2.75, 3.05) is 0 Å². The van der Waals surface area contributed by atoms with Gasteiger partial charge < -0.3 is 0 Å². The molecule has 0 saturated heterocycles. The minimum atomic E-state index is -0.189. The van der Waals surface area contributed by atoms with E-state index in [0.717, 1.165) is 38.5 Å². The SMILES string of the molecule is C[C@@]1(Br)CCCCC1=O.C[C@]1(Br)CCCCC1=O. The first-order valence-electron chi connectivity index (χ1n) is 6.70. The molecule has 0 aliphatic heterocycles. The molecule has 104 valence electrons. The van der Waals surface area contributed by atoms with Gasteiger partial charge in [0.25, 0.3) is 0 Å². The zero-order valence-corrected chi connectivity index (χ0v) is 14.4. The quantitative estimate of drug-likeness (QED) is 0.576. The average Bonchev–Trinajstić information content (AvgIpc) is 2.28. The summed E-state index contributed by atoms with van der Waals surface area (Å²) in [5, 5.41) is 0. The molecule has 0 spiro atoms. The van der Waals surface area contributed by atoms with E-state index >= 15 is 0 Å². The lowest BCUT2D eigenvalue weighted by Gasteiger charge is -2.24. The summed E-state index contributed by atoms with van der Waals surface area (Å²) in [6.45, 7) is 3.93. The molecule has 2 aliphatic carbocycles. The van der Waals surface area contributed by atoms with Gasteiger partial charge in [-0.25, -0.2) is 0 Å². The first kappa shape index (κ1) is 16.4. The maximum Gasteiger partial charge on any atom is 0.149 e. The van der Waals surface area contributed by atoms with E-state index in [1.165, 1.54) is 12.8 Å². The fourth-order valence-electron chi connectivity index (χ4n) is 2.29. The largest absolute Gasteiger partial charge is 0.298 e. The molecule has 2 fully saturated rings. The molecule has 2 saturated carbocycles. The summed E-state index contributed by atoms with van der Waals surface area (Å²) in [7, 11) is 0. The number of carbonyl (C=O) groups is 2. The van der Waals surface area contributed by atoms with E-state index in [4.69, 9.17) is 0 Å². The molecular formula is C14H22Br2O2. The average molecular weight is 382 g/mol. The summed E-state index contributed by atoms with van der Waals surface area (Å²) in [5.41, 5.74) is 0. The van der Waals surface area contributed by atoms with Gasteiger partial charge in [-0.15, -0.1) is 0 Å². The van der Waals surface area contributed by atoms with Crippen LogP contribution in [0.4, 0.5) is 0 Å². The lowest BCUT2D eigenvalue weighted by atomic mass is 9.89. The van der Waals surface area contributed by atoms with Crippen LogP contribution in [0.15, 0.2) is 0 Å². The van der Waals surface area contributed by atoms with Crippen LogP contribution in [-0.4, -0.2) is 20.2 Å². The summed E-state index contributed by atoms with van der Waals surface area (Å²) < 4.78 is -0.378. The van der Waals surface area contributed by atoms with Gasteiger partial charge in [0.15, 0.2) is 0 Å². The topological polar surface area (TPSA) is 34.1 Å². The Bertz CT molecular complexity index is 290. The number of hydrogen-bond acceptors (Lipinski definition) is 2. The van der Waals surface area contributed by atoms with Crippen molar-refractivity contribution in [1.29, 1.82) is 0 Å². The number of rotatable bonds is 0. The Morgan fingerprint density at radius 3 is 1.28 bits per heavy atom. The molecule has 0 heterocycles. The Balaban J connectivity index is 0.000000180. The molecule has 2 rings (SSSR count). The second kappa shape index (κ2) is 6.65. The van der Waals surface area contributed by atoms with E-state index in [1.807, 2.05) is 13.8 Å². The molecular weight excluding hydrogens is 360 g/mol. The fourth-order valence-corrected chi connectivity index (χ4v) is 3.24. The number of carbonyl (C=O) groups excluding carboxylic acids is 2. The zero-order valence-electron chi connectivity index (χ0n) is 11.2. The number of hydrogen-bond donors (Lipinski definition) is 0. The van der Waals surface area contributed by atoms with E-state index in [-0.39, 0.29) is 8.65 Å². The molecule has 4 heteroatoms. The third-order valence-electron chi connectivity index (χ3n) is 3.76. The van der Waals surface area contributed by atoms with Gasteiger partial charge in [-0.3, -0.25) is 9.59 Å². The summed E-state index contributed by atoms with van der Waals surface area (Å²) in [5.74, 6) is 0.738. The van der Waals surface area contributed by atoms with Crippen LogP contribution in [0, 0.1) is 0 Å². The standard InChI is InChI=1S/2C7H11BrO/c2*1-7(8)5-3-2-4-6(7)9/h2*2-5H2,1H3/t2*7-/m10/s1. The van der Waals surface area contributed by atoms with Gasteiger partial charge in [0.2, 0.25) is 0 Å². The normalized spacial score (nSPS) is 36.9. The van der Waals surface area contributed by atoms with Gasteiger partial charge in [0.05, 0.1) is 8.65 Å². The third kappa shape index (κ3) is 4.76. The molecule has 0 aromatic heterocycles. The van der Waals surface area contributed by atoms with Crippen molar-refractivity contribution in [2.45, 2.75) is 73.9 Å². The van der Waals surface area contributed by atoms with Crippen LogP contribution in [0.25, 0.3) is 0 Å². The second-order valence-electron chi connectivity index (χ2n) is 5.66. The molecule has 2 nitrogen and oxygen atoms in total. The van der Waals surface area contributed by atoms with Crippen LogP contribution in [0.3, 0.4) is 0 Å². The predicted molar refractivity (Wildman–Crippen MR) is 81.6 cm³/mol. The molecule has 2 atom stereocenters. The van der Waals surface area contributed by atoms with Crippen molar-refractivity contribution < 1.29 is 9.59 Å². The van der Waals surface area contributed by atoms with Crippen molar-refractivity contribution in [3.05, 3.63) is 0 Å². The molecule has 0 amide bonds. The Kier molecular flexibility index (Phi) is 6.04. The first-order valence-corrected chi connectivity index (χ1v) is 8.29. The van der Waals surface area contributed by atoms with Crippen LogP contribution >= 0.6 is 31.9 Å². The lowest BCUT2D eigenvalue weighted by molar-refractivity contribution is -0.122. The van der Waals surface area contributed by atoms with Gasteiger partial charge in [0, 0.05) is 12.8 Å². The highest BCUT2D eigenvalue weighted by atomic mass is 79.9. The second-order valence-corrected chi connectivity index (χ2v) is 9.16. The molecule has 2 aliphatic rings. The minimum Gasteiger partial charge on any atom is -0.298 e. The van der Waals surface area contributed by atoms with Crippen molar-refractivity contribution in [1.82, 2.24) is 0 Å². The number of Topliss-reactive ketones (excluding diaryl/α,β-unsaturated/α-hetero) is 2. The van der Waals surface area contributed by atoms with Gasteiger partial charge >= 0.3 is 0 Å². The summed E-state index contributed by atoms with van der Waals surface area (Å²) >= 11 is 6.82. The predicted octanol–water partition coefficient (Wildman–Crippen LogP) is 4.57. The Morgan fingerprint density at radius 2 is 1.11 bits per heavy atom. The van der Waals surface area contributed by atoms with E-state index in [1.54, 1.807) is 0 Å².